The van der Waals surface area contributed by atoms with E-state index in [1.54, 1.807) is 0 Å². The maximum absolute atomic E-state index is 13.8. The molecule has 0 amide bonds. The van der Waals surface area contributed by atoms with Crippen molar-refractivity contribution in [3.05, 3.63) is 68.7 Å². The number of hydrogen-bond donors (Lipinski definition) is 0. The minimum Gasteiger partial charge on any atom is -0.207 e. The predicted molar refractivity (Wildman–Crippen MR) is 72.8 cm³/mol. The summed E-state index contributed by atoms with van der Waals surface area (Å²) in [5, 5.41) is -1.25. The summed E-state index contributed by atoms with van der Waals surface area (Å²) in [4.78, 5) is 0. The van der Waals surface area contributed by atoms with E-state index < -0.39 is 28.6 Å². The van der Waals surface area contributed by atoms with Crippen LogP contribution in [0.5, 0.6) is 0 Å². The van der Waals surface area contributed by atoms with E-state index in [1.807, 2.05) is 0 Å². The molecule has 0 nitrogen and oxygen atoms in total. The van der Waals surface area contributed by atoms with Crippen molar-refractivity contribution in [3.63, 3.8) is 0 Å². The average Bonchev–Trinajstić information content (AvgIpc) is 2.37. The van der Waals surface area contributed by atoms with Crippen LogP contribution in [0.1, 0.15) is 22.1 Å². The van der Waals surface area contributed by atoms with E-state index in [1.165, 1.54) is 13.0 Å². The van der Waals surface area contributed by atoms with Crippen LogP contribution < -0.4 is 0 Å². The summed E-state index contributed by atoms with van der Waals surface area (Å²) in [5.41, 5.74) is -0.145. The molecule has 0 aliphatic carbocycles. The highest BCUT2D eigenvalue weighted by molar-refractivity contribution is 9.10. The molecule has 0 saturated carbocycles. The van der Waals surface area contributed by atoms with Crippen LogP contribution in [0.3, 0.4) is 0 Å². The van der Waals surface area contributed by atoms with Crippen molar-refractivity contribution in [2.45, 2.75) is 12.3 Å². The van der Waals surface area contributed by atoms with Gasteiger partial charge in [0.15, 0.2) is 0 Å². The third-order valence-corrected chi connectivity index (χ3v) is 3.94. The molecule has 1 atom stereocenters. The molecule has 0 aliphatic rings. The summed E-state index contributed by atoms with van der Waals surface area (Å²) >= 11 is 8.85. The third kappa shape index (κ3) is 2.83. The van der Waals surface area contributed by atoms with E-state index in [2.05, 4.69) is 15.9 Å². The lowest BCUT2D eigenvalue weighted by molar-refractivity contribution is 0.561. The molecule has 0 N–H and O–H groups in total. The Morgan fingerprint density at radius 3 is 2.05 bits per heavy atom. The largest absolute Gasteiger partial charge is 0.207 e. The molecule has 0 bridgehead atoms. The number of halogens is 6. The number of rotatable bonds is 2. The van der Waals surface area contributed by atoms with Crippen LogP contribution >= 0.6 is 27.5 Å². The Labute approximate surface area is 126 Å². The van der Waals surface area contributed by atoms with Gasteiger partial charge in [-0.15, -0.1) is 11.6 Å². The van der Waals surface area contributed by atoms with Gasteiger partial charge in [0.1, 0.15) is 23.3 Å². The molecule has 0 radical (unpaired) electrons. The van der Waals surface area contributed by atoms with Crippen molar-refractivity contribution in [2.75, 3.05) is 0 Å². The van der Waals surface area contributed by atoms with Gasteiger partial charge in [-0.2, -0.15) is 0 Å². The van der Waals surface area contributed by atoms with Gasteiger partial charge >= 0.3 is 0 Å². The van der Waals surface area contributed by atoms with E-state index in [9.17, 15) is 17.6 Å². The monoisotopic (exact) mass is 366 g/mol. The van der Waals surface area contributed by atoms with Crippen molar-refractivity contribution < 1.29 is 17.6 Å². The van der Waals surface area contributed by atoms with Crippen molar-refractivity contribution in [2.24, 2.45) is 0 Å². The molecule has 106 valence electrons. The van der Waals surface area contributed by atoms with Crippen molar-refractivity contribution in [1.82, 2.24) is 0 Å². The molecule has 20 heavy (non-hydrogen) atoms. The Hall–Kier alpha value is -1.07. The molecule has 0 fully saturated rings. The molecule has 0 aromatic heterocycles. The van der Waals surface area contributed by atoms with E-state index in [4.69, 9.17) is 11.6 Å². The summed E-state index contributed by atoms with van der Waals surface area (Å²) in [6.45, 7) is 1.43. The fraction of sp³-hybridized carbons (Fsp3) is 0.143. The summed E-state index contributed by atoms with van der Waals surface area (Å²) < 4.78 is 54.1. The molecule has 0 saturated heterocycles. The third-order valence-electron chi connectivity index (χ3n) is 2.86. The van der Waals surface area contributed by atoms with Crippen molar-refractivity contribution in [1.29, 1.82) is 0 Å². The summed E-state index contributed by atoms with van der Waals surface area (Å²) in [7, 11) is 0. The van der Waals surface area contributed by atoms with E-state index >= 15 is 0 Å². The minimum atomic E-state index is -1.25. The van der Waals surface area contributed by atoms with Gasteiger partial charge in [-0.1, -0.05) is 0 Å². The zero-order valence-corrected chi connectivity index (χ0v) is 12.5. The summed E-state index contributed by atoms with van der Waals surface area (Å²) in [5.74, 6) is -3.13. The molecule has 0 spiro atoms. The molecule has 2 aromatic carbocycles. The Morgan fingerprint density at radius 1 is 0.850 bits per heavy atom. The van der Waals surface area contributed by atoms with Crippen LogP contribution in [0, 0.1) is 30.2 Å². The van der Waals surface area contributed by atoms with Crippen LogP contribution in [-0.4, -0.2) is 0 Å². The van der Waals surface area contributed by atoms with Crippen LogP contribution in [0.2, 0.25) is 0 Å². The zero-order valence-electron chi connectivity index (χ0n) is 10.2. The number of aryl methyl sites for hydroxylation is 1. The van der Waals surface area contributed by atoms with Gasteiger partial charge in [0, 0.05) is 17.2 Å². The number of hydrogen-bond acceptors (Lipinski definition) is 0. The first-order valence-electron chi connectivity index (χ1n) is 5.55. The fourth-order valence-electron chi connectivity index (χ4n) is 1.77. The Balaban J connectivity index is 2.54. The summed E-state index contributed by atoms with van der Waals surface area (Å²) in [6.07, 6.45) is 0. The highest BCUT2D eigenvalue weighted by atomic mass is 79.9. The van der Waals surface area contributed by atoms with Gasteiger partial charge in [0.2, 0.25) is 0 Å². The van der Waals surface area contributed by atoms with E-state index in [0.29, 0.717) is 6.07 Å². The second-order valence-electron chi connectivity index (χ2n) is 4.27. The lowest BCUT2D eigenvalue weighted by atomic mass is 10.0. The van der Waals surface area contributed by atoms with Crippen LogP contribution in [0.15, 0.2) is 28.7 Å². The first-order chi connectivity index (χ1) is 9.31. The molecule has 2 rings (SSSR count). The van der Waals surface area contributed by atoms with E-state index in [0.717, 1.165) is 12.1 Å². The van der Waals surface area contributed by atoms with Gasteiger partial charge in [0.05, 0.1) is 9.85 Å². The molecular weight excluding hydrogens is 360 g/mol. The summed E-state index contributed by atoms with van der Waals surface area (Å²) in [6, 6.07) is 3.65. The van der Waals surface area contributed by atoms with Crippen molar-refractivity contribution in [3.8, 4) is 0 Å². The predicted octanol–water partition coefficient (Wildman–Crippen LogP) is 5.64. The molecule has 2 aromatic rings. The van der Waals surface area contributed by atoms with Crippen LogP contribution in [-0.2, 0) is 0 Å². The fourth-order valence-corrected chi connectivity index (χ4v) is 2.42. The lowest BCUT2D eigenvalue weighted by Gasteiger charge is -2.14. The molecular formula is C14H8BrClF4. The van der Waals surface area contributed by atoms with Gasteiger partial charge in [-0.25, -0.2) is 17.6 Å². The maximum atomic E-state index is 13.8. The molecule has 0 heterocycles. The lowest BCUT2D eigenvalue weighted by Crippen LogP contribution is -2.03. The quantitative estimate of drug-likeness (QED) is 0.366. The SMILES string of the molecule is Cc1cc(C(Cl)c2cc(F)c(Br)cc2F)c(F)cc1F. The Morgan fingerprint density at radius 2 is 1.40 bits per heavy atom. The average molecular weight is 368 g/mol. The normalized spacial score (nSPS) is 12.6. The topological polar surface area (TPSA) is 0 Å². The molecule has 6 heteroatoms. The highest BCUT2D eigenvalue weighted by Gasteiger charge is 2.22. The van der Waals surface area contributed by atoms with Gasteiger partial charge in [-0.3, -0.25) is 0 Å². The van der Waals surface area contributed by atoms with Crippen LogP contribution in [0.25, 0.3) is 0 Å². The minimum absolute atomic E-state index is 0.0571. The maximum Gasteiger partial charge on any atom is 0.137 e. The second-order valence-corrected chi connectivity index (χ2v) is 5.56. The Bertz CT molecular complexity index is 615. The second kappa shape index (κ2) is 5.74. The zero-order chi connectivity index (χ0) is 15.0. The number of benzene rings is 2. The van der Waals surface area contributed by atoms with Crippen LogP contribution in [0.4, 0.5) is 17.6 Å². The molecule has 1 unspecified atom stereocenters. The number of alkyl halides is 1. The Kier molecular flexibility index (Phi) is 4.39. The smallest absolute Gasteiger partial charge is 0.137 e. The van der Waals surface area contributed by atoms with Gasteiger partial charge in [-0.05, 0) is 46.6 Å². The van der Waals surface area contributed by atoms with Gasteiger partial charge < -0.3 is 0 Å². The first kappa shape index (κ1) is 15.3. The van der Waals surface area contributed by atoms with E-state index in [-0.39, 0.29) is 21.2 Å². The highest BCUT2D eigenvalue weighted by Crippen LogP contribution is 2.35. The standard InChI is InChI=1S/C14H8BrClF4/c1-6-2-7(12(19)5-10(6)17)14(16)8-3-13(20)9(15)4-11(8)18/h2-5,14H,1H3. The first-order valence-corrected chi connectivity index (χ1v) is 6.78. The van der Waals surface area contributed by atoms with Gasteiger partial charge in [0.25, 0.3) is 0 Å². The molecule has 0 aliphatic heterocycles. The van der Waals surface area contributed by atoms with Crippen molar-refractivity contribution >= 4 is 27.5 Å².